The molecule has 70 heavy (non-hydrogen) atoms. The number of hydrogen-bond acceptors (Lipinski definition) is 10. The van der Waals surface area contributed by atoms with Crippen LogP contribution < -0.4 is 16.4 Å². The lowest BCUT2D eigenvalue weighted by Crippen LogP contribution is -2.14. The van der Waals surface area contributed by atoms with Crippen LogP contribution in [0.25, 0.3) is 33.4 Å². The standard InChI is InChI=1S/C22H19F2N3OS.C20H16F2N4O2S.C6H4F2O2S.ClH/c1-3-14-7-8-17-16(12-14)25-22(27(17)15-6-4-5-13(2)11-15)26-21(28)19-10-9-18(29-19)20(23)24;21-18(22)16-6-7-17(29-16)19(28)25-20-24-14-8-11(10-27)4-5-15(14)26(20)13-3-1-2-12(23)9-13;7-5(8)3-1-2-4(11-3)6(9)10;/h4-12,20H,3H2,1-2H3,(H,25,26,28);1-9,18,27H,10,23H2,(H,24,25,28);1-2,5H,(H,9,10);1H. The van der Waals surface area contributed by atoms with Gasteiger partial charge in [0.05, 0.1) is 58.7 Å². The van der Waals surface area contributed by atoms with Gasteiger partial charge in [-0.2, -0.15) is 0 Å². The average Bonchev–Trinajstić information content (AvgIpc) is 4.18. The molecule has 364 valence electrons. The Hall–Kier alpha value is -7.04. The maximum atomic E-state index is 12.9. The van der Waals surface area contributed by atoms with E-state index in [1.165, 1.54) is 30.3 Å². The molecule has 9 aromatic rings. The molecule has 0 radical (unpaired) electrons. The number of imidazole rings is 2. The van der Waals surface area contributed by atoms with E-state index < -0.39 is 37.1 Å². The number of amides is 2. The van der Waals surface area contributed by atoms with E-state index in [1.807, 2.05) is 60.0 Å². The third kappa shape index (κ3) is 12.2. The van der Waals surface area contributed by atoms with E-state index >= 15 is 0 Å². The maximum absolute atomic E-state index is 12.9. The van der Waals surface area contributed by atoms with Gasteiger partial charge < -0.3 is 15.9 Å². The second kappa shape index (κ2) is 23.0. The summed E-state index contributed by atoms with van der Waals surface area (Å²) in [5, 5.41) is 23.2. The van der Waals surface area contributed by atoms with Crippen molar-refractivity contribution >= 4 is 104 Å². The Bertz CT molecular complexity index is 3110. The maximum Gasteiger partial charge on any atom is 0.345 e. The van der Waals surface area contributed by atoms with Crippen molar-refractivity contribution in [2.75, 3.05) is 16.4 Å². The van der Waals surface area contributed by atoms with Gasteiger partial charge in [-0.1, -0.05) is 37.3 Å². The second-order valence-electron chi connectivity index (χ2n) is 14.9. The Morgan fingerprint density at radius 1 is 0.614 bits per heavy atom. The zero-order valence-electron chi connectivity index (χ0n) is 36.6. The number of nitrogens with two attached hydrogens (primary N) is 1. The van der Waals surface area contributed by atoms with Crippen molar-refractivity contribution in [3.8, 4) is 11.4 Å². The molecule has 0 aliphatic rings. The molecule has 2 amide bonds. The number of aromatic carboxylic acids is 1. The van der Waals surface area contributed by atoms with Crippen LogP contribution in [0.3, 0.4) is 0 Å². The van der Waals surface area contributed by atoms with Gasteiger partial charge in [-0.3, -0.25) is 29.4 Å². The summed E-state index contributed by atoms with van der Waals surface area (Å²) in [4.78, 5) is 44.4. The van der Waals surface area contributed by atoms with Crippen LogP contribution in [0.15, 0.2) is 121 Å². The Morgan fingerprint density at radius 3 is 1.47 bits per heavy atom. The summed E-state index contributed by atoms with van der Waals surface area (Å²) in [6.45, 7) is 3.92. The molecule has 0 aliphatic heterocycles. The predicted octanol–water partition coefficient (Wildman–Crippen LogP) is 13.3. The molecule has 0 spiro atoms. The van der Waals surface area contributed by atoms with E-state index in [0.717, 1.165) is 63.0 Å². The Labute approximate surface area is 413 Å². The molecule has 0 unspecified atom stereocenters. The summed E-state index contributed by atoms with van der Waals surface area (Å²) in [6, 6.07) is 33.8. The van der Waals surface area contributed by atoms with Crippen molar-refractivity contribution in [2.45, 2.75) is 46.2 Å². The number of aryl methyl sites for hydroxylation is 2. The van der Waals surface area contributed by atoms with Crippen molar-refractivity contribution in [1.29, 1.82) is 0 Å². The molecule has 5 aromatic heterocycles. The molecule has 12 nitrogen and oxygen atoms in total. The van der Waals surface area contributed by atoms with Crippen LogP contribution >= 0.6 is 46.4 Å². The molecule has 22 heteroatoms. The van der Waals surface area contributed by atoms with Crippen molar-refractivity contribution in [3.05, 3.63) is 167 Å². The highest BCUT2D eigenvalue weighted by atomic mass is 35.5. The van der Waals surface area contributed by atoms with Crippen LogP contribution in [0.2, 0.25) is 0 Å². The fraction of sp³-hybridized carbons (Fsp3) is 0.146. The van der Waals surface area contributed by atoms with E-state index in [-0.39, 0.29) is 54.2 Å². The highest BCUT2D eigenvalue weighted by Crippen LogP contribution is 2.32. The van der Waals surface area contributed by atoms with Gasteiger partial charge in [-0.25, -0.2) is 41.1 Å². The molecule has 4 aromatic carbocycles. The summed E-state index contributed by atoms with van der Waals surface area (Å²) in [5.74, 6) is -1.58. The van der Waals surface area contributed by atoms with E-state index in [2.05, 4.69) is 27.5 Å². The third-order valence-corrected chi connectivity index (χ3v) is 13.3. The number of nitrogens with zero attached hydrogens (tertiary/aromatic N) is 4. The van der Waals surface area contributed by atoms with Crippen LogP contribution in [0.4, 0.5) is 43.9 Å². The summed E-state index contributed by atoms with van der Waals surface area (Å²) in [6.07, 6.45) is -6.92. The molecule has 0 saturated heterocycles. The first-order chi connectivity index (χ1) is 33.0. The summed E-state index contributed by atoms with van der Waals surface area (Å²) >= 11 is 2.12. The molecule has 0 bridgehead atoms. The van der Waals surface area contributed by atoms with Gasteiger partial charge in [0.1, 0.15) is 4.88 Å². The largest absolute Gasteiger partial charge is 0.477 e. The number of nitrogens with one attached hydrogen (secondary N) is 2. The lowest BCUT2D eigenvalue weighted by molar-refractivity contribution is 0.0701. The number of anilines is 3. The van der Waals surface area contributed by atoms with E-state index in [4.69, 9.17) is 10.8 Å². The topological polar surface area (TPSA) is 177 Å². The fourth-order valence-electron chi connectivity index (χ4n) is 6.79. The fourth-order valence-corrected chi connectivity index (χ4v) is 9.01. The zero-order valence-corrected chi connectivity index (χ0v) is 39.8. The van der Waals surface area contributed by atoms with Gasteiger partial charge in [-0.05, 0) is 121 Å². The summed E-state index contributed by atoms with van der Waals surface area (Å²) in [7, 11) is 0. The second-order valence-corrected chi connectivity index (χ2v) is 18.2. The number of halogens is 7. The van der Waals surface area contributed by atoms with Crippen molar-refractivity contribution in [1.82, 2.24) is 19.1 Å². The molecule has 6 N–H and O–H groups in total. The molecule has 5 heterocycles. The van der Waals surface area contributed by atoms with Crippen LogP contribution in [0, 0.1) is 6.92 Å². The number of rotatable bonds is 12. The number of carboxylic acids is 1. The van der Waals surface area contributed by atoms with Crippen LogP contribution in [0.1, 0.15) is 86.5 Å². The molecule has 0 saturated carbocycles. The van der Waals surface area contributed by atoms with Gasteiger partial charge in [0.2, 0.25) is 11.9 Å². The number of alkyl halides is 6. The van der Waals surface area contributed by atoms with E-state index in [0.29, 0.717) is 45.3 Å². The van der Waals surface area contributed by atoms with Crippen LogP contribution in [-0.4, -0.2) is 47.1 Å². The first-order valence-corrected chi connectivity index (χ1v) is 23.0. The predicted molar refractivity (Wildman–Crippen MR) is 265 cm³/mol. The first-order valence-electron chi connectivity index (χ1n) is 20.6. The van der Waals surface area contributed by atoms with Crippen molar-refractivity contribution in [3.63, 3.8) is 0 Å². The summed E-state index contributed by atoms with van der Waals surface area (Å²) in [5.41, 5.74) is 13.8. The lowest BCUT2D eigenvalue weighted by Gasteiger charge is -2.10. The Balaban J connectivity index is 0.000000187. The molecule has 9 rings (SSSR count). The highest BCUT2D eigenvalue weighted by Gasteiger charge is 2.22. The molecular formula is C48H40ClF6N7O5S3. The quantitative estimate of drug-likeness (QED) is 0.0593. The number of carbonyl (C=O) groups is 3. The number of carbonyl (C=O) groups excluding carboxylic acids is 2. The van der Waals surface area contributed by atoms with Gasteiger partial charge in [0, 0.05) is 11.4 Å². The first kappa shape index (κ1) is 52.3. The number of benzene rings is 4. The highest BCUT2D eigenvalue weighted by molar-refractivity contribution is 7.14. The minimum atomic E-state index is -2.63. The number of carboxylic acid groups (broad SMARTS) is 1. The number of hydrogen-bond donors (Lipinski definition) is 5. The van der Waals surface area contributed by atoms with E-state index in [9.17, 15) is 45.8 Å². The normalized spacial score (nSPS) is 11.0. The number of thiophene rings is 3. The van der Waals surface area contributed by atoms with Gasteiger partial charge in [-0.15, -0.1) is 46.4 Å². The van der Waals surface area contributed by atoms with Crippen molar-refractivity contribution < 1.29 is 50.9 Å². The minimum Gasteiger partial charge on any atom is -0.477 e. The van der Waals surface area contributed by atoms with Crippen molar-refractivity contribution in [2.24, 2.45) is 0 Å². The summed E-state index contributed by atoms with van der Waals surface area (Å²) < 4.78 is 78.7. The number of aliphatic hydroxyl groups is 1. The smallest absolute Gasteiger partial charge is 0.345 e. The number of aliphatic hydroxyl groups excluding tert-OH is 1. The SMILES string of the molecule is CCc1ccc2c(c1)nc(NC(=O)c1ccc(C(F)F)s1)n2-c1cccc(C)c1.Cl.Nc1cccc(-n2c(NC(=O)c3ccc(C(F)F)s3)nc3cc(CO)ccc32)c1.O=C(O)c1ccc(C(F)F)s1. The average molecular weight is 1040 g/mol. The van der Waals surface area contributed by atoms with E-state index in [1.54, 1.807) is 41.0 Å². The van der Waals surface area contributed by atoms with Gasteiger partial charge in [0.15, 0.2) is 0 Å². The molecule has 0 aliphatic carbocycles. The molecule has 0 fully saturated rings. The molecular weight excluding hydrogens is 1000 g/mol. The van der Waals surface area contributed by atoms with Gasteiger partial charge >= 0.3 is 5.97 Å². The van der Waals surface area contributed by atoms with Gasteiger partial charge in [0.25, 0.3) is 31.1 Å². The molecule has 0 atom stereocenters. The Morgan fingerprint density at radius 2 is 1.06 bits per heavy atom. The third-order valence-electron chi connectivity index (χ3n) is 10.1. The number of aromatic nitrogens is 4. The monoisotopic (exact) mass is 1040 g/mol. The van der Waals surface area contributed by atoms with Crippen LogP contribution in [-0.2, 0) is 13.0 Å². The van der Waals surface area contributed by atoms with Crippen LogP contribution in [0.5, 0.6) is 0 Å². The zero-order chi connectivity index (χ0) is 49.5. The lowest BCUT2D eigenvalue weighted by atomic mass is 10.1. The number of nitrogen functional groups attached to an aromatic ring is 1. The Kier molecular flexibility index (Phi) is 17.2. The minimum absolute atomic E-state index is 0. The number of fused-ring (bicyclic) bond motifs is 2.